The first-order valence-electron chi connectivity index (χ1n) is 6.99. The molecule has 0 saturated carbocycles. The minimum atomic E-state index is -0.741. The Bertz CT molecular complexity index is 586. The zero-order chi connectivity index (χ0) is 14.9. The van der Waals surface area contributed by atoms with E-state index < -0.39 is 9.04 Å². The van der Waals surface area contributed by atoms with Crippen molar-refractivity contribution in [2.75, 3.05) is 0 Å². The Morgan fingerprint density at radius 1 is 1.25 bits per heavy atom. The SMILES string of the molecule is C[Si](C)OC(CC(C)(C)C)n1ccc2ccc(Br)cc21. The average Bonchev–Trinajstić information content (AvgIpc) is 2.68. The summed E-state index contributed by atoms with van der Waals surface area (Å²) in [6.07, 6.45) is 3.28. The maximum absolute atomic E-state index is 6.27. The lowest BCUT2D eigenvalue weighted by Crippen LogP contribution is -2.23. The topological polar surface area (TPSA) is 14.2 Å². The molecule has 1 heterocycles. The van der Waals surface area contributed by atoms with Crippen LogP contribution in [0.2, 0.25) is 13.1 Å². The van der Waals surface area contributed by atoms with Crippen LogP contribution in [0, 0.1) is 5.41 Å². The summed E-state index contributed by atoms with van der Waals surface area (Å²) in [5.74, 6) is 0. The highest BCUT2D eigenvalue weighted by molar-refractivity contribution is 9.10. The number of nitrogens with zero attached hydrogens (tertiary/aromatic N) is 1. The van der Waals surface area contributed by atoms with Gasteiger partial charge in [-0.2, -0.15) is 0 Å². The Balaban J connectivity index is 2.42. The third-order valence-electron chi connectivity index (χ3n) is 3.15. The van der Waals surface area contributed by atoms with Gasteiger partial charge in [-0.1, -0.05) is 42.8 Å². The van der Waals surface area contributed by atoms with Gasteiger partial charge < -0.3 is 8.99 Å². The number of hydrogen-bond donors (Lipinski definition) is 0. The monoisotopic (exact) mass is 352 g/mol. The van der Waals surface area contributed by atoms with E-state index >= 15 is 0 Å². The summed E-state index contributed by atoms with van der Waals surface area (Å²) in [6, 6.07) is 8.57. The van der Waals surface area contributed by atoms with Gasteiger partial charge in [0.25, 0.3) is 0 Å². The number of fused-ring (bicyclic) bond motifs is 1. The third-order valence-corrected chi connectivity index (χ3v) is 4.39. The second kappa shape index (κ2) is 6.04. The zero-order valence-electron chi connectivity index (χ0n) is 12.9. The molecular formula is C16H23BrNOSi. The van der Waals surface area contributed by atoms with Crippen molar-refractivity contribution in [1.29, 1.82) is 0 Å². The van der Waals surface area contributed by atoms with Crippen LogP contribution in [0.5, 0.6) is 0 Å². The molecule has 0 aliphatic rings. The summed E-state index contributed by atoms with van der Waals surface area (Å²) < 4.78 is 9.66. The van der Waals surface area contributed by atoms with Crippen molar-refractivity contribution in [2.24, 2.45) is 5.41 Å². The Labute approximate surface area is 132 Å². The maximum Gasteiger partial charge on any atom is 0.207 e. The summed E-state index contributed by atoms with van der Waals surface area (Å²) in [5.41, 5.74) is 1.47. The van der Waals surface area contributed by atoms with E-state index in [0.29, 0.717) is 0 Å². The molecule has 0 aliphatic heterocycles. The average molecular weight is 353 g/mol. The Morgan fingerprint density at radius 2 is 1.95 bits per heavy atom. The van der Waals surface area contributed by atoms with Gasteiger partial charge in [0.2, 0.25) is 9.04 Å². The molecule has 2 nitrogen and oxygen atoms in total. The van der Waals surface area contributed by atoms with Crippen LogP contribution in [-0.4, -0.2) is 13.6 Å². The van der Waals surface area contributed by atoms with Gasteiger partial charge in [0, 0.05) is 10.7 Å². The van der Waals surface area contributed by atoms with Gasteiger partial charge in [-0.3, -0.25) is 0 Å². The second-order valence-electron chi connectivity index (χ2n) is 6.67. The molecule has 0 amide bonds. The van der Waals surface area contributed by atoms with E-state index in [4.69, 9.17) is 4.43 Å². The fourth-order valence-corrected chi connectivity index (χ4v) is 3.46. The summed E-state index contributed by atoms with van der Waals surface area (Å²) in [4.78, 5) is 0. The van der Waals surface area contributed by atoms with E-state index in [2.05, 4.69) is 84.8 Å². The zero-order valence-corrected chi connectivity index (χ0v) is 15.5. The first-order valence-corrected chi connectivity index (χ1v) is 10.2. The molecule has 1 aromatic heterocycles. The van der Waals surface area contributed by atoms with Gasteiger partial charge in [0.15, 0.2) is 0 Å². The van der Waals surface area contributed by atoms with Gasteiger partial charge in [0.05, 0.1) is 5.52 Å². The smallest absolute Gasteiger partial charge is 0.207 e. The van der Waals surface area contributed by atoms with Crippen LogP contribution >= 0.6 is 15.9 Å². The number of benzene rings is 1. The van der Waals surface area contributed by atoms with Gasteiger partial charge >= 0.3 is 0 Å². The Morgan fingerprint density at radius 3 is 2.55 bits per heavy atom. The molecular weight excluding hydrogens is 330 g/mol. The van der Waals surface area contributed by atoms with Crippen LogP contribution in [0.4, 0.5) is 0 Å². The largest absolute Gasteiger partial charge is 0.397 e. The normalized spacial score (nSPS) is 14.2. The minimum absolute atomic E-state index is 0.116. The molecule has 20 heavy (non-hydrogen) atoms. The highest BCUT2D eigenvalue weighted by Gasteiger charge is 2.23. The van der Waals surface area contributed by atoms with Gasteiger partial charge in [-0.25, -0.2) is 0 Å². The molecule has 109 valence electrons. The third kappa shape index (κ3) is 3.96. The minimum Gasteiger partial charge on any atom is -0.397 e. The van der Waals surface area contributed by atoms with Crippen LogP contribution in [0.15, 0.2) is 34.9 Å². The van der Waals surface area contributed by atoms with Gasteiger partial charge in [-0.15, -0.1) is 0 Å². The molecule has 0 bridgehead atoms. The van der Waals surface area contributed by atoms with E-state index in [9.17, 15) is 0 Å². The van der Waals surface area contributed by atoms with Crippen LogP contribution in [0.3, 0.4) is 0 Å². The summed E-state index contributed by atoms with van der Waals surface area (Å²) in [6.45, 7) is 11.2. The van der Waals surface area contributed by atoms with E-state index in [0.717, 1.165) is 10.9 Å². The van der Waals surface area contributed by atoms with Gasteiger partial charge in [-0.05, 0) is 48.5 Å². The van der Waals surface area contributed by atoms with Crippen molar-refractivity contribution >= 4 is 35.9 Å². The number of aromatic nitrogens is 1. The van der Waals surface area contributed by atoms with Gasteiger partial charge in [0.1, 0.15) is 6.23 Å². The summed E-state index contributed by atoms with van der Waals surface area (Å²) in [7, 11) is -0.741. The summed E-state index contributed by atoms with van der Waals surface area (Å²) >= 11 is 3.56. The predicted molar refractivity (Wildman–Crippen MR) is 91.3 cm³/mol. The van der Waals surface area contributed by atoms with E-state index in [1.54, 1.807) is 0 Å². The molecule has 1 atom stereocenters. The molecule has 0 saturated heterocycles. The first-order chi connectivity index (χ1) is 9.26. The molecule has 0 N–H and O–H groups in total. The van der Waals surface area contributed by atoms with Crippen molar-refractivity contribution < 1.29 is 4.43 Å². The molecule has 1 unspecified atom stereocenters. The van der Waals surface area contributed by atoms with Crippen molar-refractivity contribution in [3.63, 3.8) is 0 Å². The molecule has 1 aromatic carbocycles. The number of hydrogen-bond acceptors (Lipinski definition) is 1. The number of halogens is 1. The van der Waals surface area contributed by atoms with Crippen LogP contribution in [-0.2, 0) is 4.43 Å². The second-order valence-corrected chi connectivity index (χ2v) is 9.64. The highest BCUT2D eigenvalue weighted by Crippen LogP contribution is 2.32. The lowest BCUT2D eigenvalue weighted by molar-refractivity contribution is 0.0871. The van der Waals surface area contributed by atoms with Crippen LogP contribution in [0.25, 0.3) is 10.9 Å². The van der Waals surface area contributed by atoms with Crippen LogP contribution in [0.1, 0.15) is 33.4 Å². The lowest BCUT2D eigenvalue weighted by atomic mass is 9.91. The Kier molecular flexibility index (Phi) is 4.77. The molecule has 2 aromatic rings. The molecule has 0 aliphatic carbocycles. The molecule has 0 fully saturated rings. The highest BCUT2D eigenvalue weighted by atomic mass is 79.9. The van der Waals surface area contributed by atoms with Crippen molar-refractivity contribution in [3.8, 4) is 0 Å². The van der Waals surface area contributed by atoms with E-state index in [1.807, 2.05) is 0 Å². The summed E-state index contributed by atoms with van der Waals surface area (Å²) in [5, 5.41) is 1.26. The van der Waals surface area contributed by atoms with Crippen LogP contribution < -0.4 is 0 Å². The molecule has 1 radical (unpaired) electrons. The maximum atomic E-state index is 6.27. The fraction of sp³-hybridized carbons (Fsp3) is 0.500. The van der Waals surface area contributed by atoms with Crippen molar-refractivity contribution in [1.82, 2.24) is 4.57 Å². The first kappa shape index (κ1) is 15.8. The van der Waals surface area contributed by atoms with E-state index in [1.165, 1.54) is 10.9 Å². The van der Waals surface area contributed by atoms with Crippen molar-refractivity contribution in [2.45, 2.75) is 46.5 Å². The molecule has 4 heteroatoms. The molecule has 0 spiro atoms. The number of rotatable bonds is 4. The lowest BCUT2D eigenvalue weighted by Gasteiger charge is -2.29. The standard InChI is InChI=1S/C16H23BrNOSi/c1-16(2,3)11-15(19-20(4)5)18-9-8-12-6-7-13(17)10-14(12)18/h6-10,15H,11H2,1-5H3. The fourth-order valence-electron chi connectivity index (χ4n) is 2.37. The van der Waals surface area contributed by atoms with E-state index in [-0.39, 0.29) is 11.6 Å². The predicted octanol–water partition coefficient (Wildman–Crippen LogP) is 5.61. The Hall–Kier alpha value is -0.583. The van der Waals surface area contributed by atoms with Crippen molar-refractivity contribution in [3.05, 3.63) is 34.9 Å². The quantitative estimate of drug-likeness (QED) is 0.652. The molecule has 2 rings (SSSR count).